The van der Waals surface area contributed by atoms with Crippen LogP contribution in [0.25, 0.3) is 0 Å². The van der Waals surface area contributed by atoms with Crippen molar-refractivity contribution in [3.63, 3.8) is 0 Å². The van der Waals surface area contributed by atoms with E-state index < -0.39 is 0 Å². The molecule has 0 saturated heterocycles. The summed E-state index contributed by atoms with van der Waals surface area (Å²) in [6.07, 6.45) is 4.39. The lowest BCUT2D eigenvalue weighted by atomic mass is 10.1. The highest BCUT2D eigenvalue weighted by molar-refractivity contribution is 7.08. The van der Waals surface area contributed by atoms with Gasteiger partial charge in [0, 0.05) is 12.6 Å². The van der Waals surface area contributed by atoms with Crippen LogP contribution in [0, 0.1) is 18.8 Å². The molecule has 1 N–H and O–H groups in total. The Hall–Kier alpha value is -0.340. The minimum absolute atomic E-state index is 0.833. The van der Waals surface area contributed by atoms with Crippen molar-refractivity contribution in [3.8, 4) is 0 Å². The number of hydrogen-bond acceptors (Lipinski definition) is 2. The summed E-state index contributed by atoms with van der Waals surface area (Å²) < 4.78 is 0. The summed E-state index contributed by atoms with van der Waals surface area (Å²) in [5.74, 6) is 2.13. The lowest BCUT2D eigenvalue weighted by Gasteiger charge is -2.13. The van der Waals surface area contributed by atoms with Gasteiger partial charge in [0.15, 0.2) is 0 Å². The molecule has 3 rings (SSSR count). The molecule has 2 aliphatic rings. The second kappa shape index (κ2) is 3.35. The van der Waals surface area contributed by atoms with Crippen molar-refractivity contribution in [2.24, 2.45) is 11.8 Å². The molecule has 2 aliphatic carbocycles. The van der Waals surface area contributed by atoms with Gasteiger partial charge in [-0.3, -0.25) is 0 Å². The first-order valence-corrected chi connectivity index (χ1v) is 6.54. The second-order valence-corrected chi connectivity index (χ2v) is 5.55. The van der Waals surface area contributed by atoms with E-state index in [1.165, 1.54) is 30.4 Å². The van der Waals surface area contributed by atoms with Crippen LogP contribution in [0.1, 0.15) is 30.4 Å². The van der Waals surface area contributed by atoms with Gasteiger partial charge in [-0.15, -0.1) is 0 Å². The molecule has 2 saturated carbocycles. The predicted molar refractivity (Wildman–Crippen MR) is 60.5 cm³/mol. The van der Waals surface area contributed by atoms with Gasteiger partial charge >= 0.3 is 0 Å². The van der Waals surface area contributed by atoms with Crippen LogP contribution in [0.5, 0.6) is 0 Å². The smallest absolute Gasteiger partial charge is 0.0219 e. The third kappa shape index (κ3) is 1.51. The van der Waals surface area contributed by atoms with Gasteiger partial charge in [0.2, 0.25) is 0 Å². The summed E-state index contributed by atoms with van der Waals surface area (Å²) in [5, 5.41) is 8.24. The Balaban J connectivity index is 1.56. The average molecular weight is 207 g/mol. The highest BCUT2D eigenvalue weighted by Gasteiger charge is 2.47. The van der Waals surface area contributed by atoms with Gasteiger partial charge in [0.1, 0.15) is 0 Å². The summed E-state index contributed by atoms with van der Waals surface area (Å²) >= 11 is 1.82. The van der Waals surface area contributed by atoms with Crippen molar-refractivity contribution in [2.45, 2.75) is 38.8 Å². The third-order valence-electron chi connectivity index (χ3n) is 3.86. The summed E-state index contributed by atoms with van der Waals surface area (Å²) in [5.41, 5.74) is 2.95. The van der Waals surface area contributed by atoms with E-state index in [1.54, 1.807) is 0 Å². The molecule has 1 nitrogen and oxygen atoms in total. The van der Waals surface area contributed by atoms with Gasteiger partial charge < -0.3 is 5.32 Å². The molecule has 14 heavy (non-hydrogen) atoms. The first kappa shape index (κ1) is 8.93. The van der Waals surface area contributed by atoms with Crippen LogP contribution < -0.4 is 5.32 Å². The molecule has 2 fully saturated rings. The molecular weight excluding hydrogens is 190 g/mol. The van der Waals surface area contributed by atoms with Gasteiger partial charge in [0.25, 0.3) is 0 Å². The molecule has 0 bridgehead atoms. The Morgan fingerprint density at radius 2 is 2.36 bits per heavy atom. The minimum atomic E-state index is 0.833. The largest absolute Gasteiger partial charge is 0.310 e. The molecule has 0 radical (unpaired) electrons. The van der Waals surface area contributed by atoms with Crippen LogP contribution in [0.4, 0.5) is 0 Å². The summed E-state index contributed by atoms with van der Waals surface area (Å²) in [6, 6.07) is 0.833. The average Bonchev–Trinajstić information content (AvgIpc) is 2.68. The van der Waals surface area contributed by atoms with Crippen molar-refractivity contribution in [2.75, 3.05) is 0 Å². The van der Waals surface area contributed by atoms with E-state index in [0.29, 0.717) is 0 Å². The normalized spacial score (nSPS) is 34.5. The van der Waals surface area contributed by atoms with Crippen LogP contribution in [0.2, 0.25) is 0 Å². The van der Waals surface area contributed by atoms with Gasteiger partial charge in [-0.05, 0) is 59.9 Å². The first-order chi connectivity index (χ1) is 6.84. The van der Waals surface area contributed by atoms with Gasteiger partial charge in [-0.2, -0.15) is 11.3 Å². The molecule has 0 aromatic carbocycles. The fourth-order valence-electron chi connectivity index (χ4n) is 2.77. The summed E-state index contributed by atoms with van der Waals surface area (Å²) in [4.78, 5) is 0. The van der Waals surface area contributed by atoms with E-state index in [1.807, 2.05) is 11.3 Å². The second-order valence-electron chi connectivity index (χ2n) is 4.80. The Morgan fingerprint density at radius 1 is 1.43 bits per heavy atom. The fourth-order valence-corrected chi connectivity index (χ4v) is 3.62. The molecule has 76 valence electrons. The highest BCUT2D eigenvalue weighted by atomic mass is 32.1. The quantitative estimate of drug-likeness (QED) is 0.803. The molecular formula is C12H17NS. The monoisotopic (exact) mass is 207 g/mol. The Labute approximate surface area is 89.5 Å². The lowest BCUT2D eigenvalue weighted by Crippen LogP contribution is -2.28. The maximum atomic E-state index is 3.72. The lowest BCUT2D eigenvalue weighted by molar-refractivity contribution is 0.474. The van der Waals surface area contributed by atoms with Crippen molar-refractivity contribution in [1.29, 1.82) is 0 Å². The van der Waals surface area contributed by atoms with Gasteiger partial charge in [-0.25, -0.2) is 0 Å². The summed E-state index contributed by atoms with van der Waals surface area (Å²) in [7, 11) is 0. The van der Waals surface area contributed by atoms with E-state index in [-0.39, 0.29) is 0 Å². The number of rotatable bonds is 3. The first-order valence-electron chi connectivity index (χ1n) is 5.59. The topological polar surface area (TPSA) is 12.0 Å². The fraction of sp³-hybridized carbons (Fsp3) is 0.667. The Kier molecular flexibility index (Phi) is 2.14. The van der Waals surface area contributed by atoms with Crippen LogP contribution in [-0.4, -0.2) is 6.04 Å². The highest BCUT2D eigenvalue weighted by Crippen LogP contribution is 2.51. The molecule has 0 aliphatic heterocycles. The Bertz CT molecular complexity index is 331. The zero-order valence-electron chi connectivity index (χ0n) is 8.62. The van der Waals surface area contributed by atoms with Crippen molar-refractivity contribution >= 4 is 11.3 Å². The summed E-state index contributed by atoms with van der Waals surface area (Å²) in [6.45, 7) is 3.30. The molecule has 1 aromatic heterocycles. The molecule has 0 amide bonds. The van der Waals surface area contributed by atoms with E-state index in [0.717, 1.165) is 24.4 Å². The van der Waals surface area contributed by atoms with E-state index in [4.69, 9.17) is 0 Å². The van der Waals surface area contributed by atoms with Gasteiger partial charge in [-0.1, -0.05) is 0 Å². The predicted octanol–water partition coefficient (Wildman–Crippen LogP) is 2.94. The molecule has 3 atom stereocenters. The number of nitrogens with one attached hydrogen (secondary N) is 1. The minimum Gasteiger partial charge on any atom is -0.310 e. The van der Waals surface area contributed by atoms with Crippen molar-refractivity contribution in [3.05, 3.63) is 21.9 Å². The van der Waals surface area contributed by atoms with Crippen LogP contribution in [-0.2, 0) is 6.54 Å². The van der Waals surface area contributed by atoms with E-state index in [2.05, 4.69) is 23.0 Å². The number of hydrogen-bond donors (Lipinski definition) is 1. The molecule has 0 spiro atoms. The third-order valence-corrected chi connectivity index (χ3v) is 4.77. The molecule has 1 aromatic rings. The van der Waals surface area contributed by atoms with Crippen LogP contribution in [0.3, 0.4) is 0 Å². The zero-order valence-corrected chi connectivity index (χ0v) is 9.44. The maximum absolute atomic E-state index is 3.72. The van der Waals surface area contributed by atoms with Crippen molar-refractivity contribution < 1.29 is 0 Å². The van der Waals surface area contributed by atoms with E-state index >= 15 is 0 Å². The molecule has 2 heteroatoms. The molecule has 1 heterocycles. The van der Waals surface area contributed by atoms with Crippen LogP contribution in [0.15, 0.2) is 10.8 Å². The van der Waals surface area contributed by atoms with Gasteiger partial charge in [0.05, 0.1) is 0 Å². The standard InChI is InChI=1S/C12H17NS/c1-8-6-14-7-10(8)5-13-12-3-2-9-4-11(9)12/h6-7,9,11-13H,2-5H2,1H3. The molecule has 3 unspecified atom stereocenters. The van der Waals surface area contributed by atoms with Crippen molar-refractivity contribution in [1.82, 2.24) is 5.32 Å². The van der Waals surface area contributed by atoms with E-state index in [9.17, 15) is 0 Å². The number of aryl methyl sites for hydroxylation is 1. The Morgan fingerprint density at radius 3 is 2.93 bits per heavy atom. The SMILES string of the molecule is Cc1cscc1CNC1CCC2CC21. The zero-order chi connectivity index (χ0) is 9.54. The number of fused-ring (bicyclic) bond motifs is 1. The number of thiophene rings is 1. The maximum Gasteiger partial charge on any atom is 0.0219 e. The van der Waals surface area contributed by atoms with Crippen LogP contribution >= 0.6 is 11.3 Å².